The van der Waals surface area contributed by atoms with Gasteiger partial charge in [0.1, 0.15) is 5.60 Å². The SMILES string of the molecule is CC(C)(C)OC(=O)N(CC(F)(F)c1ccc(C(F)(F)F)cc1)C1CCNCC1. The van der Waals surface area contributed by atoms with Gasteiger partial charge in [-0.3, -0.25) is 4.90 Å². The zero-order valence-electron chi connectivity index (χ0n) is 16.1. The molecular weight excluding hydrogens is 383 g/mol. The fourth-order valence-electron chi connectivity index (χ4n) is 2.99. The maximum atomic E-state index is 14.8. The third-order valence-electron chi connectivity index (χ3n) is 4.38. The summed E-state index contributed by atoms with van der Waals surface area (Å²) in [5, 5.41) is 3.10. The van der Waals surface area contributed by atoms with Gasteiger partial charge in [0.25, 0.3) is 5.92 Å². The number of hydrogen-bond donors (Lipinski definition) is 1. The van der Waals surface area contributed by atoms with Crippen LogP contribution in [-0.4, -0.2) is 42.3 Å². The van der Waals surface area contributed by atoms with Gasteiger partial charge in [-0.05, 0) is 58.8 Å². The molecule has 9 heteroatoms. The number of nitrogens with zero attached hydrogens (tertiary/aromatic N) is 1. The number of rotatable bonds is 4. The predicted octanol–water partition coefficient (Wildman–Crippen LogP) is 4.79. The molecule has 0 spiro atoms. The van der Waals surface area contributed by atoms with Crippen molar-refractivity contribution in [1.82, 2.24) is 10.2 Å². The molecule has 0 aromatic heterocycles. The summed E-state index contributed by atoms with van der Waals surface area (Å²) < 4.78 is 73.0. The minimum Gasteiger partial charge on any atom is -0.444 e. The number of alkyl halides is 5. The van der Waals surface area contributed by atoms with E-state index in [1.807, 2.05) is 0 Å². The van der Waals surface area contributed by atoms with Gasteiger partial charge in [-0.1, -0.05) is 12.1 Å². The highest BCUT2D eigenvalue weighted by atomic mass is 19.4. The Morgan fingerprint density at radius 2 is 1.54 bits per heavy atom. The quantitative estimate of drug-likeness (QED) is 0.729. The molecule has 1 N–H and O–H groups in total. The summed E-state index contributed by atoms with van der Waals surface area (Å²) in [7, 11) is 0. The van der Waals surface area contributed by atoms with Gasteiger partial charge in [-0.25, -0.2) is 4.79 Å². The Balaban J connectivity index is 2.24. The Hall–Kier alpha value is -1.90. The molecule has 1 aromatic carbocycles. The van der Waals surface area contributed by atoms with Crippen molar-refractivity contribution in [3.05, 3.63) is 35.4 Å². The Labute approximate surface area is 161 Å². The molecule has 1 fully saturated rings. The van der Waals surface area contributed by atoms with Crippen LogP contribution in [0.25, 0.3) is 0 Å². The third-order valence-corrected chi connectivity index (χ3v) is 4.38. The van der Waals surface area contributed by atoms with E-state index in [1.165, 1.54) is 0 Å². The lowest BCUT2D eigenvalue weighted by Gasteiger charge is -2.37. The van der Waals surface area contributed by atoms with Gasteiger partial charge in [0.05, 0.1) is 12.1 Å². The van der Waals surface area contributed by atoms with Crippen molar-refractivity contribution in [2.75, 3.05) is 19.6 Å². The normalized spacial score (nSPS) is 16.7. The van der Waals surface area contributed by atoms with Crippen LogP contribution in [0, 0.1) is 0 Å². The number of hydrogen-bond acceptors (Lipinski definition) is 3. The van der Waals surface area contributed by atoms with Crippen molar-refractivity contribution >= 4 is 6.09 Å². The summed E-state index contributed by atoms with van der Waals surface area (Å²) in [5.41, 5.74) is -2.44. The number of halogens is 5. The third kappa shape index (κ3) is 6.05. The first kappa shape index (κ1) is 22.4. The van der Waals surface area contributed by atoms with Gasteiger partial charge in [-0.15, -0.1) is 0 Å². The summed E-state index contributed by atoms with van der Waals surface area (Å²) in [4.78, 5) is 13.6. The molecular formula is C19H25F5N2O2. The zero-order chi connectivity index (χ0) is 21.2. The van der Waals surface area contributed by atoms with Gasteiger partial charge in [-0.2, -0.15) is 22.0 Å². The number of piperidine rings is 1. The molecule has 1 heterocycles. The second kappa shape index (κ2) is 8.23. The van der Waals surface area contributed by atoms with Crippen molar-refractivity contribution in [3.8, 4) is 0 Å². The Morgan fingerprint density at radius 3 is 2.00 bits per heavy atom. The van der Waals surface area contributed by atoms with Crippen molar-refractivity contribution in [1.29, 1.82) is 0 Å². The van der Waals surface area contributed by atoms with E-state index in [2.05, 4.69) is 5.32 Å². The van der Waals surface area contributed by atoms with E-state index < -0.39 is 47.5 Å². The Kier molecular flexibility index (Phi) is 6.58. The van der Waals surface area contributed by atoms with Gasteiger partial charge in [0.2, 0.25) is 0 Å². The maximum absolute atomic E-state index is 14.8. The smallest absolute Gasteiger partial charge is 0.416 e. The standard InChI is InChI=1S/C19H25F5N2O2/c1-17(2,3)28-16(27)26(15-8-10-25-11-9-15)12-18(20,21)13-4-6-14(7-5-13)19(22,23)24/h4-7,15,25H,8-12H2,1-3H3. The number of nitrogens with one attached hydrogen (secondary N) is 1. The second-order valence-corrected chi connectivity index (χ2v) is 7.87. The fraction of sp³-hybridized carbons (Fsp3) is 0.632. The monoisotopic (exact) mass is 408 g/mol. The number of ether oxygens (including phenoxy) is 1. The molecule has 0 bridgehead atoms. The first-order valence-corrected chi connectivity index (χ1v) is 9.05. The van der Waals surface area contributed by atoms with E-state index in [4.69, 9.17) is 4.74 Å². The number of amides is 1. The zero-order valence-corrected chi connectivity index (χ0v) is 16.1. The first-order chi connectivity index (χ1) is 12.8. The molecule has 0 atom stereocenters. The van der Waals surface area contributed by atoms with E-state index in [0.717, 1.165) is 17.0 Å². The van der Waals surface area contributed by atoms with Gasteiger partial charge in [0.15, 0.2) is 0 Å². The molecule has 0 unspecified atom stereocenters. The molecule has 1 aromatic rings. The molecule has 1 aliphatic heterocycles. The number of carbonyl (C=O) groups excluding carboxylic acids is 1. The van der Waals surface area contributed by atoms with E-state index in [0.29, 0.717) is 38.1 Å². The fourth-order valence-corrected chi connectivity index (χ4v) is 2.99. The minimum absolute atomic E-state index is 0.434. The molecule has 2 rings (SSSR count). The van der Waals surface area contributed by atoms with Gasteiger partial charge >= 0.3 is 12.3 Å². The van der Waals surface area contributed by atoms with Gasteiger partial charge < -0.3 is 10.1 Å². The highest BCUT2D eigenvalue weighted by Crippen LogP contribution is 2.34. The molecule has 0 aliphatic carbocycles. The van der Waals surface area contributed by atoms with Crippen LogP contribution in [0.1, 0.15) is 44.7 Å². The highest BCUT2D eigenvalue weighted by molar-refractivity contribution is 5.68. The molecule has 1 amide bonds. The van der Waals surface area contributed by atoms with Crippen LogP contribution in [0.2, 0.25) is 0 Å². The van der Waals surface area contributed by atoms with Crippen molar-refractivity contribution in [3.63, 3.8) is 0 Å². The number of benzene rings is 1. The van der Waals surface area contributed by atoms with Gasteiger partial charge in [0, 0.05) is 11.6 Å². The predicted molar refractivity (Wildman–Crippen MR) is 94.2 cm³/mol. The van der Waals surface area contributed by atoms with Crippen molar-refractivity contribution < 1.29 is 31.5 Å². The molecule has 158 valence electrons. The summed E-state index contributed by atoms with van der Waals surface area (Å²) in [6.07, 6.45) is -4.48. The van der Waals surface area contributed by atoms with Crippen LogP contribution in [0.15, 0.2) is 24.3 Å². The van der Waals surface area contributed by atoms with Crippen LogP contribution < -0.4 is 5.32 Å². The number of carbonyl (C=O) groups is 1. The van der Waals surface area contributed by atoms with E-state index in [-0.39, 0.29) is 0 Å². The van der Waals surface area contributed by atoms with Crippen molar-refractivity contribution in [2.45, 2.75) is 57.4 Å². The second-order valence-electron chi connectivity index (χ2n) is 7.87. The van der Waals surface area contributed by atoms with Crippen LogP contribution in [-0.2, 0) is 16.8 Å². The molecule has 0 radical (unpaired) electrons. The molecule has 28 heavy (non-hydrogen) atoms. The summed E-state index contributed by atoms with van der Waals surface area (Å²) in [6, 6.07) is 2.30. The summed E-state index contributed by atoms with van der Waals surface area (Å²) in [6.45, 7) is 5.11. The molecule has 4 nitrogen and oxygen atoms in total. The lowest BCUT2D eigenvalue weighted by Crippen LogP contribution is -2.51. The van der Waals surface area contributed by atoms with E-state index >= 15 is 0 Å². The molecule has 0 saturated carbocycles. The van der Waals surface area contributed by atoms with E-state index in [1.54, 1.807) is 20.8 Å². The molecule has 1 saturated heterocycles. The van der Waals surface area contributed by atoms with Crippen LogP contribution in [0.4, 0.5) is 26.7 Å². The topological polar surface area (TPSA) is 41.6 Å². The maximum Gasteiger partial charge on any atom is 0.416 e. The Morgan fingerprint density at radius 1 is 1.04 bits per heavy atom. The first-order valence-electron chi connectivity index (χ1n) is 9.05. The Bertz CT molecular complexity index is 662. The highest BCUT2D eigenvalue weighted by Gasteiger charge is 2.41. The van der Waals surface area contributed by atoms with Crippen LogP contribution >= 0.6 is 0 Å². The van der Waals surface area contributed by atoms with Crippen LogP contribution in [0.5, 0.6) is 0 Å². The molecule has 1 aliphatic rings. The summed E-state index contributed by atoms with van der Waals surface area (Å²) in [5.74, 6) is -3.52. The average molecular weight is 408 g/mol. The van der Waals surface area contributed by atoms with E-state index in [9.17, 15) is 26.7 Å². The van der Waals surface area contributed by atoms with Crippen molar-refractivity contribution in [2.24, 2.45) is 0 Å². The largest absolute Gasteiger partial charge is 0.444 e. The lowest BCUT2D eigenvalue weighted by atomic mass is 10.0. The lowest BCUT2D eigenvalue weighted by molar-refractivity contribution is -0.137. The average Bonchev–Trinajstić information content (AvgIpc) is 2.58. The summed E-state index contributed by atoms with van der Waals surface area (Å²) >= 11 is 0. The van der Waals surface area contributed by atoms with Crippen LogP contribution in [0.3, 0.4) is 0 Å². The minimum atomic E-state index is -4.61.